The van der Waals surface area contributed by atoms with Crippen molar-refractivity contribution in [1.29, 1.82) is 0 Å². The standard InChI is InChI=1S/C19H17Cl2N3O4/c1-27-19(24-9-3-2-4-10-24)16(20)11-15(17(25)23-26)12-18(19,21)28-13-14-5-7-22-8-6-14/h2-12H,13H2,1H3,(H-,23,25,26). The van der Waals surface area contributed by atoms with E-state index in [2.05, 4.69) is 4.98 Å². The molecule has 28 heavy (non-hydrogen) atoms. The third kappa shape index (κ3) is 3.55. The molecular weight excluding hydrogens is 405 g/mol. The van der Waals surface area contributed by atoms with Gasteiger partial charge in [0.1, 0.15) is 5.03 Å². The first-order valence-corrected chi connectivity index (χ1v) is 8.99. The van der Waals surface area contributed by atoms with Crippen molar-refractivity contribution in [3.8, 4) is 0 Å². The first-order valence-electron chi connectivity index (χ1n) is 8.23. The SMILES string of the molecule is COC1([n+]2ccccc2)C(Cl)=CC(C(=O)N[O-])=CC1(Cl)OCc1ccncc1. The maximum absolute atomic E-state index is 11.9. The van der Waals surface area contributed by atoms with E-state index in [1.165, 1.54) is 24.7 Å². The summed E-state index contributed by atoms with van der Waals surface area (Å²) in [4.78, 5) is 15.9. The Kier molecular flexibility index (Phi) is 6.12. The van der Waals surface area contributed by atoms with Crippen molar-refractivity contribution in [2.45, 2.75) is 17.4 Å². The van der Waals surface area contributed by atoms with E-state index in [0.29, 0.717) is 0 Å². The fourth-order valence-corrected chi connectivity index (χ4v) is 3.91. The summed E-state index contributed by atoms with van der Waals surface area (Å²) in [6.07, 6.45) is 9.30. The van der Waals surface area contributed by atoms with Gasteiger partial charge in [0.25, 0.3) is 5.06 Å². The van der Waals surface area contributed by atoms with E-state index in [-0.39, 0.29) is 17.2 Å². The summed E-state index contributed by atoms with van der Waals surface area (Å²) in [6.45, 7) is 0.0808. The van der Waals surface area contributed by atoms with Crippen LogP contribution in [0.2, 0.25) is 0 Å². The van der Waals surface area contributed by atoms with Gasteiger partial charge in [-0.05, 0) is 29.8 Å². The average Bonchev–Trinajstić information content (AvgIpc) is 2.73. The number of halogens is 2. The fraction of sp³-hybridized carbons (Fsp3) is 0.211. The number of nitrogens with zero attached hydrogens (tertiary/aromatic N) is 2. The number of alkyl halides is 1. The first kappa shape index (κ1) is 20.4. The molecule has 9 heteroatoms. The number of hydrogen-bond acceptors (Lipinski definition) is 5. The number of ether oxygens (including phenoxy) is 2. The minimum Gasteiger partial charge on any atom is -0.759 e. The van der Waals surface area contributed by atoms with Gasteiger partial charge < -0.3 is 20.2 Å². The Hall–Kier alpha value is -2.29. The van der Waals surface area contributed by atoms with Crippen molar-refractivity contribution in [3.63, 3.8) is 0 Å². The Morgan fingerprint density at radius 3 is 2.57 bits per heavy atom. The molecule has 0 spiro atoms. The number of methoxy groups -OCH3 is 1. The number of nitrogens with one attached hydrogen (secondary N) is 1. The summed E-state index contributed by atoms with van der Waals surface area (Å²) in [5.74, 6) is -0.890. The summed E-state index contributed by atoms with van der Waals surface area (Å²) in [6, 6.07) is 8.89. The zero-order valence-electron chi connectivity index (χ0n) is 14.8. The number of pyridine rings is 2. The summed E-state index contributed by atoms with van der Waals surface area (Å²) in [5, 5.41) is 9.21. The number of hydrogen-bond donors (Lipinski definition) is 1. The van der Waals surface area contributed by atoms with Crippen molar-refractivity contribution in [2.24, 2.45) is 0 Å². The third-order valence-electron chi connectivity index (χ3n) is 4.34. The maximum Gasteiger partial charge on any atom is 0.357 e. The van der Waals surface area contributed by atoms with E-state index >= 15 is 0 Å². The first-order chi connectivity index (χ1) is 13.5. The van der Waals surface area contributed by atoms with Crippen LogP contribution < -0.4 is 10.0 Å². The highest BCUT2D eigenvalue weighted by atomic mass is 35.5. The monoisotopic (exact) mass is 421 g/mol. The Balaban J connectivity index is 2.11. The van der Waals surface area contributed by atoms with E-state index in [1.54, 1.807) is 53.6 Å². The molecule has 1 N–H and O–H groups in total. The predicted octanol–water partition coefficient (Wildman–Crippen LogP) is 2.50. The second-order valence-electron chi connectivity index (χ2n) is 5.94. The summed E-state index contributed by atoms with van der Waals surface area (Å²) >= 11 is 13.5. The fourth-order valence-electron chi connectivity index (χ4n) is 2.98. The van der Waals surface area contributed by atoms with Crippen LogP contribution in [0.5, 0.6) is 0 Å². The van der Waals surface area contributed by atoms with Crippen LogP contribution in [0.1, 0.15) is 5.56 Å². The molecule has 0 aliphatic heterocycles. The van der Waals surface area contributed by atoms with Crippen LogP contribution in [0.25, 0.3) is 0 Å². The smallest absolute Gasteiger partial charge is 0.357 e. The third-order valence-corrected chi connectivity index (χ3v) is 5.18. The van der Waals surface area contributed by atoms with Gasteiger partial charge in [-0.25, -0.2) is 0 Å². The molecule has 2 aromatic rings. The van der Waals surface area contributed by atoms with Gasteiger partial charge >= 0.3 is 5.72 Å². The second kappa shape index (κ2) is 8.38. The largest absolute Gasteiger partial charge is 0.759 e. The molecule has 2 unspecified atom stereocenters. The number of carbonyl (C=O) groups is 1. The topological polar surface area (TPSA) is 87.4 Å². The van der Waals surface area contributed by atoms with Crippen molar-refractivity contribution in [3.05, 3.63) is 88.6 Å². The van der Waals surface area contributed by atoms with Crippen molar-refractivity contribution < 1.29 is 18.8 Å². The van der Waals surface area contributed by atoms with E-state index < -0.39 is 16.7 Å². The van der Waals surface area contributed by atoms with Crippen LogP contribution in [0.3, 0.4) is 0 Å². The van der Waals surface area contributed by atoms with Crippen LogP contribution in [-0.4, -0.2) is 23.1 Å². The zero-order chi connectivity index (χ0) is 20.2. The normalized spacial score (nSPS) is 24.3. The summed E-state index contributed by atoms with van der Waals surface area (Å²) in [7, 11) is 1.43. The molecule has 0 bridgehead atoms. The molecule has 146 valence electrons. The summed E-state index contributed by atoms with van der Waals surface area (Å²) < 4.78 is 13.4. The van der Waals surface area contributed by atoms with Crippen molar-refractivity contribution >= 4 is 29.1 Å². The van der Waals surface area contributed by atoms with E-state index in [4.69, 9.17) is 32.7 Å². The van der Waals surface area contributed by atoms with Gasteiger partial charge in [0, 0.05) is 37.2 Å². The molecule has 0 aromatic carbocycles. The van der Waals surface area contributed by atoms with Crippen molar-refractivity contribution in [1.82, 2.24) is 10.5 Å². The second-order valence-corrected chi connectivity index (χ2v) is 6.91. The molecule has 0 fully saturated rings. The van der Waals surface area contributed by atoms with E-state index in [9.17, 15) is 10.0 Å². The lowest BCUT2D eigenvalue weighted by Gasteiger charge is -2.40. The molecule has 0 saturated carbocycles. The Labute approximate surface area is 171 Å². The van der Waals surface area contributed by atoms with E-state index in [1.807, 2.05) is 6.07 Å². The highest BCUT2D eigenvalue weighted by Gasteiger charge is 2.64. The van der Waals surface area contributed by atoms with Gasteiger partial charge in [-0.1, -0.05) is 29.3 Å². The van der Waals surface area contributed by atoms with Gasteiger partial charge in [-0.2, -0.15) is 4.57 Å². The number of aromatic nitrogens is 2. The molecular formula is C19H17Cl2N3O4. The minimum absolute atomic E-state index is 0.0334. The van der Waals surface area contributed by atoms with E-state index in [0.717, 1.165) is 5.56 Å². The van der Waals surface area contributed by atoms with Crippen LogP contribution in [-0.2, 0) is 26.6 Å². The number of amides is 1. The zero-order valence-corrected chi connectivity index (χ0v) is 16.4. The highest BCUT2D eigenvalue weighted by molar-refractivity contribution is 6.33. The van der Waals surface area contributed by atoms with Crippen LogP contribution in [0.15, 0.2) is 77.9 Å². The molecule has 0 radical (unpaired) electrons. The van der Waals surface area contributed by atoms with Crippen LogP contribution in [0, 0.1) is 5.21 Å². The highest BCUT2D eigenvalue weighted by Crippen LogP contribution is 2.47. The minimum atomic E-state index is -1.75. The molecule has 1 aliphatic rings. The number of rotatable bonds is 6. The lowest BCUT2D eigenvalue weighted by molar-refractivity contribution is -0.806. The van der Waals surface area contributed by atoms with Gasteiger partial charge in [0.05, 0.1) is 6.61 Å². The molecule has 0 saturated heterocycles. The quantitative estimate of drug-likeness (QED) is 0.439. The molecule has 3 rings (SSSR count). The maximum atomic E-state index is 11.9. The van der Waals surface area contributed by atoms with Gasteiger partial charge in [0.2, 0.25) is 5.91 Å². The van der Waals surface area contributed by atoms with Gasteiger partial charge in [0.15, 0.2) is 12.4 Å². The predicted molar refractivity (Wildman–Crippen MR) is 103 cm³/mol. The summed E-state index contributed by atoms with van der Waals surface area (Å²) in [5.41, 5.74) is 0.569. The molecule has 2 aromatic heterocycles. The Morgan fingerprint density at radius 2 is 1.96 bits per heavy atom. The molecule has 2 atom stereocenters. The van der Waals surface area contributed by atoms with Crippen LogP contribution in [0.4, 0.5) is 0 Å². The average molecular weight is 422 g/mol. The molecule has 2 heterocycles. The molecule has 1 aliphatic carbocycles. The number of carbonyl (C=O) groups excluding carboxylic acids is 1. The molecule has 7 nitrogen and oxygen atoms in total. The lowest BCUT2D eigenvalue weighted by atomic mass is 9.93. The van der Waals surface area contributed by atoms with Gasteiger partial charge in [-0.15, -0.1) is 0 Å². The van der Waals surface area contributed by atoms with Crippen LogP contribution >= 0.6 is 23.2 Å². The molecule has 1 amide bonds. The van der Waals surface area contributed by atoms with Crippen molar-refractivity contribution in [2.75, 3.05) is 7.11 Å². The Bertz CT molecular complexity index is 908. The Morgan fingerprint density at radius 1 is 1.29 bits per heavy atom. The lowest BCUT2D eigenvalue weighted by Crippen LogP contribution is -2.69. The van der Waals surface area contributed by atoms with Gasteiger partial charge in [-0.3, -0.25) is 9.78 Å². The number of hydroxylamine groups is 1.